The summed E-state index contributed by atoms with van der Waals surface area (Å²) in [6.45, 7) is 0. The second-order valence-corrected chi connectivity index (χ2v) is 4.12. The molecule has 0 saturated heterocycles. The summed E-state index contributed by atoms with van der Waals surface area (Å²) < 4.78 is 0. The van der Waals surface area contributed by atoms with E-state index < -0.39 is 5.97 Å². The molecular formula is C11H8N2O3S. The zero-order valence-electron chi connectivity index (χ0n) is 8.58. The van der Waals surface area contributed by atoms with E-state index in [1.165, 1.54) is 29.7 Å². The standard InChI is InChI=1S/C11H8N2O3S/c14-10(8-2-1-5-17-8)13-9-4-3-7(6-12-9)11(15)16/h1-6H,(H,15,16)(H,12,13,14). The molecule has 5 nitrogen and oxygen atoms in total. The van der Waals surface area contributed by atoms with Crippen LogP contribution < -0.4 is 5.32 Å². The van der Waals surface area contributed by atoms with E-state index in [0.717, 1.165) is 0 Å². The Morgan fingerprint density at radius 1 is 1.29 bits per heavy atom. The zero-order chi connectivity index (χ0) is 12.3. The quantitative estimate of drug-likeness (QED) is 0.871. The fourth-order valence-electron chi connectivity index (χ4n) is 1.18. The van der Waals surface area contributed by atoms with Crippen molar-refractivity contribution in [2.45, 2.75) is 0 Å². The van der Waals surface area contributed by atoms with E-state index in [9.17, 15) is 9.59 Å². The van der Waals surface area contributed by atoms with Crippen LogP contribution in [0.4, 0.5) is 5.82 Å². The maximum atomic E-state index is 11.6. The highest BCUT2D eigenvalue weighted by molar-refractivity contribution is 7.12. The minimum absolute atomic E-state index is 0.0825. The van der Waals surface area contributed by atoms with Crippen LogP contribution in [-0.4, -0.2) is 22.0 Å². The van der Waals surface area contributed by atoms with Crippen molar-refractivity contribution in [1.82, 2.24) is 4.98 Å². The molecular weight excluding hydrogens is 240 g/mol. The van der Waals surface area contributed by atoms with Crippen molar-refractivity contribution in [3.05, 3.63) is 46.3 Å². The van der Waals surface area contributed by atoms with Gasteiger partial charge in [-0.25, -0.2) is 9.78 Å². The van der Waals surface area contributed by atoms with E-state index in [1.54, 1.807) is 17.5 Å². The summed E-state index contributed by atoms with van der Waals surface area (Å²) in [6, 6.07) is 6.32. The molecule has 1 amide bonds. The smallest absolute Gasteiger partial charge is 0.337 e. The van der Waals surface area contributed by atoms with Gasteiger partial charge in [0.25, 0.3) is 5.91 Å². The van der Waals surface area contributed by atoms with Gasteiger partial charge in [-0.3, -0.25) is 4.79 Å². The molecule has 0 radical (unpaired) electrons. The van der Waals surface area contributed by atoms with Crippen LogP contribution in [0.25, 0.3) is 0 Å². The van der Waals surface area contributed by atoms with Crippen molar-refractivity contribution in [1.29, 1.82) is 0 Å². The first-order valence-corrected chi connectivity index (χ1v) is 5.59. The van der Waals surface area contributed by atoms with E-state index >= 15 is 0 Å². The number of rotatable bonds is 3. The summed E-state index contributed by atoms with van der Waals surface area (Å²) in [5, 5.41) is 13.1. The highest BCUT2D eigenvalue weighted by Gasteiger charge is 2.08. The van der Waals surface area contributed by atoms with Crippen LogP contribution in [0.2, 0.25) is 0 Å². The summed E-state index contributed by atoms with van der Waals surface area (Å²) in [6.07, 6.45) is 1.20. The summed E-state index contributed by atoms with van der Waals surface area (Å²) >= 11 is 1.32. The normalized spacial score (nSPS) is 9.88. The number of carbonyl (C=O) groups excluding carboxylic acids is 1. The second kappa shape index (κ2) is 4.75. The molecule has 6 heteroatoms. The van der Waals surface area contributed by atoms with Gasteiger partial charge in [0.2, 0.25) is 0 Å². The van der Waals surface area contributed by atoms with Crippen LogP contribution in [0, 0.1) is 0 Å². The number of pyridine rings is 1. The van der Waals surface area contributed by atoms with Crippen LogP contribution in [0.3, 0.4) is 0 Å². The lowest BCUT2D eigenvalue weighted by molar-refractivity contribution is 0.0696. The van der Waals surface area contributed by atoms with Crippen LogP contribution in [0.5, 0.6) is 0 Å². The zero-order valence-corrected chi connectivity index (χ0v) is 9.40. The van der Waals surface area contributed by atoms with Crippen molar-refractivity contribution >= 4 is 29.0 Å². The van der Waals surface area contributed by atoms with Crippen molar-refractivity contribution in [3.8, 4) is 0 Å². The number of carbonyl (C=O) groups is 2. The molecule has 0 spiro atoms. The molecule has 0 unspecified atom stereocenters. The lowest BCUT2D eigenvalue weighted by Gasteiger charge is -2.02. The lowest BCUT2D eigenvalue weighted by Crippen LogP contribution is -2.11. The summed E-state index contributed by atoms with van der Waals surface area (Å²) in [7, 11) is 0. The highest BCUT2D eigenvalue weighted by atomic mass is 32.1. The van der Waals surface area contributed by atoms with Gasteiger partial charge >= 0.3 is 5.97 Å². The van der Waals surface area contributed by atoms with E-state index in [-0.39, 0.29) is 11.5 Å². The van der Waals surface area contributed by atoms with E-state index in [1.807, 2.05) is 0 Å². The number of nitrogens with one attached hydrogen (secondary N) is 1. The molecule has 0 bridgehead atoms. The first kappa shape index (κ1) is 11.3. The Morgan fingerprint density at radius 3 is 2.65 bits per heavy atom. The largest absolute Gasteiger partial charge is 0.478 e. The van der Waals surface area contributed by atoms with E-state index in [0.29, 0.717) is 10.7 Å². The topological polar surface area (TPSA) is 79.3 Å². The van der Waals surface area contributed by atoms with Crippen molar-refractivity contribution in [2.24, 2.45) is 0 Å². The van der Waals surface area contributed by atoms with Crippen LogP contribution >= 0.6 is 11.3 Å². The Kier molecular flexibility index (Phi) is 3.15. The third-order valence-corrected chi connectivity index (χ3v) is 2.87. The van der Waals surface area contributed by atoms with Crippen LogP contribution in [0.15, 0.2) is 35.8 Å². The fraction of sp³-hybridized carbons (Fsp3) is 0. The first-order chi connectivity index (χ1) is 8.16. The molecule has 0 saturated carbocycles. The number of aromatic nitrogens is 1. The molecule has 17 heavy (non-hydrogen) atoms. The third kappa shape index (κ3) is 2.67. The van der Waals surface area contributed by atoms with Gasteiger partial charge in [0.1, 0.15) is 5.82 Å². The molecule has 0 atom stereocenters. The number of carboxylic acids is 1. The molecule has 2 aromatic rings. The molecule has 0 aliphatic heterocycles. The molecule has 0 aromatic carbocycles. The number of hydrogen-bond donors (Lipinski definition) is 2. The maximum Gasteiger partial charge on any atom is 0.337 e. The van der Waals surface area contributed by atoms with Gasteiger partial charge in [0, 0.05) is 6.20 Å². The molecule has 0 aliphatic rings. The third-order valence-electron chi connectivity index (χ3n) is 2.00. The van der Waals surface area contributed by atoms with Crippen LogP contribution in [-0.2, 0) is 0 Å². The molecule has 2 N–H and O–H groups in total. The summed E-state index contributed by atoms with van der Waals surface area (Å²) in [5.41, 5.74) is 0.0825. The van der Waals surface area contributed by atoms with Gasteiger partial charge in [-0.1, -0.05) is 6.07 Å². The van der Waals surface area contributed by atoms with Crippen LogP contribution in [0.1, 0.15) is 20.0 Å². The predicted octanol–water partition coefficient (Wildman–Crippen LogP) is 2.09. The average Bonchev–Trinajstić information content (AvgIpc) is 2.83. The Balaban J connectivity index is 2.09. The first-order valence-electron chi connectivity index (χ1n) is 4.71. The predicted molar refractivity (Wildman–Crippen MR) is 63.5 cm³/mol. The number of anilines is 1. The Labute approximate surface area is 101 Å². The van der Waals surface area contributed by atoms with E-state index in [4.69, 9.17) is 5.11 Å². The number of nitrogens with zero attached hydrogens (tertiary/aromatic N) is 1. The minimum atomic E-state index is -1.05. The lowest BCUT2D eigenvalue weighted by atomic mass is 10.3. The van der Waals surface area contributed by atoms with Crippen molar-refractivity contribution < 1.29 is 14.7 Å². The Hall–Kier alpha value is -2.21. The van der Waals surface area contributed by atoms with E-state index in [2.05, 4.69) is 10.3 Å². The second-order valence-electron chi connectivity index (χ2n) is 3.17. The van der Waals surface area contributed by atoms with Gasteiger partial charge in [0.05, 0.1) is 10.4 Å². The molecule has 0 aliphatic carbocycles. The number of carboxylic acid groups (broad SMARTS) is 1. The number of thiophene rings is 1. The summed E-state index contributed by atoms with van der Waals surface area (Å²) in [5.74, 6) is -0.974. The number of hydrogen-bond acceptors (Lipinski definition) is 4. The molecule has 0 fully saturated rings. The molecule has 2 rings (SSSR count). The maximum absolute atomic E-state index is 11.6. The molecule has 2 heterocycles. The molecule has 2 aromatic heterocycles. The Bertz CT molecular complexity index is 534. The average molecular weight is 248 g/mol. The van der Waals surface area contributed by atoms with Gasteiger partial charge < -0.3 is 10.4 Å². The monoisotopic (exact) mass is 248 g/mol. The molecule has 86 valence electrons. The van der Waals surface area contributed by atoms with Crippen molar-refractivity contribution in [2.75, 3.05) is 5.32 Å². The number of aromatic carboxylic acids is 1. The summed E-state index contributed by atoms with van der Waals surface area (Å²) in [4.78, 5) is 26.7. The number of amides is 1. The SMILES string of the molecule is O=C(O)c1ccc(NC(=O)c2cccs2)nc1. The highest BCUT2D eigenvalue weighted by Crippen LogP contribution is 2.12. The van der Waals surface area contributed by atoms with Gasteiger partial charge in [-0.2, -0.15) is 0 Å². The van der Waals surface area contributed by atoms with Gasteiger partial charge in [-0.05, 0) is 23.6 Å². The minimum Gasteiger partial charge on any atom is -0.478 e. The fourth-order valence-corrected chi connectivity index (χ4v) is 1.80. The Morgan fingerprint density at radius 2 is 2.12 bits per heavy atom. The van der Waals surface area contributed by atoms with Gasteiger partial charge in [-0.15, -0.1) is 11.3 Å². The van der Waals surface area contributed by atoms with Gasteiger partial charge in [0.15, 0.2) is 0 Å². The van der Waals surface area contributed by atoms with Crippen molar-refractivity contribution in [3.63, 3.8) is 0 Å².